The van der Waals surface area contributed by atoms with E-state index in [1.807, 2.05) is 26.0 Å². The molecule has 0 aliphatic heterocycles. The molecule has 30 heavy (non-hydrogen) atoms. The van der Waals surface area contributed by atoms with Gasteiger partial charge in [-0.2, -0.15) is 0 Å². The first-order valence-corrected chi connectivity index (χ1v) is 11.5. The quantitative estimate of drug-likeness (QED) is 0.447. The van der Waals surface area contributed by atoms with Crippen molar-refractivity contribution in [3.8, 4) is 5.75 Å². The summed E-state index contributed by atoms with van der Waals surface area (Å²) in [5.41, 5.74) is 3.85. The molecule has 1 aromatic carbocycles. The summed E-state index contributed by atoms with van der Waals surface area (Å²) in [6.07, 6.45) is 3.81. The Morgan fingerprint density at radius 1 is 1.27 bits per heavy atom. The predicted octanol–water partition coefficient (Wildman–Crippen LogP) is 5.46. The van der Waals surface area contributed by atoms with E-state index < -0.39 is 0 Å². The first-order chi connectivity index (χ1) is 14.4. The molecule has 1 N–H and O–H groups in total. The Balaban J connectivity index is 1.60. The summed E-state index contributed by atoms with van der Waals surface area (Å²) in [4.78, 5) is 26.3. The number of hydrogen-bond donors (Lipinski definition) is 1. The molecule has 1 aromatic heterocycles. The van der Waals surface area contributed by atoms with Crippen LogP contribution in [-0.2, 0) is 22.4 Å². The van der Waals surface area contributed by atoms with Crippen molar-refractivity contribution >= 4 is 28.2 Å². The number of esters is 1. The van der Waals surface area contributed by atoms with Crippen molar-refractivity contribution in [2.45, 2.75) is 59.8 Å². The molecule has 5 nitrogen and oxygen atoms in total. The molecule has 1 atom stereocenters. The standard InChI is InChI=1S/C24H31NO4S/c1-5-28-24(27)22-18-11-9-16(3)14-20(18)30-23(22)25-21(26)7-6-12-29-19-13-15(2)8-10-17(19)4/h8,10,13,16H,5-7,9,11-12,14H2,1-4H3,(H,25,26). The Morgan fingerprint density at radius 3 is 2.83 bits per heavy atom. The molecule has 3 rings (SSSR count). The zero-order chi connectivity index (χ0) is 21.7. The van der Waals surface area contributed by atoms with Crippen LogP contribution in [0.5, 0.6) is 5.75 Å². The van der Waals surface area contributed by atoms with Gasteiger partial charge in [0.2, 0.25) is 5.91 Å². The number of aryl methyl sites for hydroxylation is 2. The highest BCUT2D eigenvalue weighted by atomic mass is 32.1. The number of amides is 1. The van der Waals surface area contributed by atoms with Crippen LogP contribution >= 0.6 is 11.3 Å². The number of fused-ring (bicyclic) bond motifs is 1. The molecule has 1 unspecified atom stereocenters. The van der Waals surface area contributed by atoms with Gasteiger partial charge >= 0.3 is 5.97 Å². The third-order valence-corrected chi connectivity index (χ3v) is 6.56. The van der Waals surface area contributed by atoms with Gasteiger partial charge in [0.1, 0.15) is 10.8 Å². The summed E-state index contributed by atoms with van der Waals surface area (Å²) in [6.45, 7) is 8.86. The molecule has 162 valence electrons. The summed E-state index contributed by atoms with van der Waals surface area (Å²) >= 11 is 1.52. The maximum atomic E-state index is 12.6. The van der Waals surface area contributed by atoms with Crippen LogP contribution in [0.3, 0.4) is 0 Å². The normalized spacial score (nSPS) is 15.4. The van der Waals surface area contributed by atoms with Crippen molar-refractivity contribution in [3.63, 3.8) is 0 Å². The van der Waals surface area contributed by atoms with Gasteiger partial charge in [0.25, 0.3) is 0 Å². The summed E-state index contributed by atoms with van der Waals surface area (Å²) in [7, 11) is 0. The lowest BCUT2D eigenvalue weighted by molar-refractivity contribution is -0.116. The molecule has 0 radical (unpaired) electrons. The second-order valence-electron chi connectivity index (χ2n) is 8.05. The number of carbonyl (C=O) groups excluding carboxylic acids is 2. The number of hydrogen-bond acceptors (Lipinski definition) is 5. The maximum Gasteiger partial charge on any atom is 0.341 e. The second-order valence-corrected chi connectivity index (χ2v) is 9.15. The highest BCUT2D eigenvalue weighted by Crippen LogP contribution is 2.40. The van der Waals surface area contributed by atoms with E-state index in [4.69, 9.17) is 9.47 Å². The summed E-state index contributed by atoms with van der Waals surface area (Å²) in [5.74, 6) is 1.02. The number of ether oxygens (including phenoxy) is 2. The van der Waals surface area contributed by atoms with Crippen LogP contribution in [0.1, 0.15) is 65.0 Å². The minimum atomic E-state index is -0.335. The molecule has 1 aliphatic rings. The van der Waals surface area contributed by atoms with Gasteiger partial charge in [-0.3, -0.25) is 4.79 Å². The summed E-state index contributed by atoms with van der Waals surface area (Å²) < 4.78 is 11.1. The highest BCUT2D eigenvalue weighted by molar-refractivity contribution is 7.17. The number of carbonyl (C=O) groups is 2. The Hall–Kier alpha value is -2.34. The molecule has 0 spiro atoms. The number of thiophene rings is 1. The third kappa shape index (κ3) is 5.42. The van der Waals surface area contributed by atoms with Crippen molar-refractivity contribution in [2.75, 3.05) is 18.5 Å². The average Bonchev–Trinajstić information content (AvgIpc) is 3.04. The predicted molar refractivity (Wildman–Crippen MR) is 121 cm³/mol. The van der Waals surface area contributed by atoms with E-state index in [2.05, 4.69) is 18.3 Å². The zero-order valence-electron chi connectivity index (χ0n) is 18.3. The van der Waals surface area contributed by atoms with Gasteiger partial charge in [0.05, 0.1) is 18.8 Å². The number of benzene rings is 1. The molecular formula is C24H31NO4S. The van der Waals surface area contributed by atoms with Crippen LogP contribution in [0.4, 0.5) is 5.00 Å². The van der Waals surface area contributed by atoms with E-state index in [-0.39, 0.29) is 11.9 Å². The first-order valence-electron chi connectivity index (χ1n) is 10.7. The van der Waals surface area contributed by atoms with Crippen molar-refractivity contribution in [3.05, 3.63) is 45.3 Å². The van der Waals surface area contributed by atoms with Gasteiger partial charge in [-0.1, -0.05) is 19.1 Å². The van der Waals surface area contributed by atoms with Crippen molar-refractivity contribution in [1.82, 2.24) is 0 Å². The molecule has 0 fully saturated rings. The Kier molecular flexibility index (Phi) is 7.53. The fourth-order valence-electron chi connectivity index (χ4n) is 3.72. The smallest absolute Gasteiger partial charge is 0.341 e. The van der Waals surface area contributed by atoms with E-state index in [1.54, 1.807) is 6.92 Å². The van der Waals surface area contributed by atoms with Gasteiger partial charge in [0, 0.05) is 11.3 Å². The van der Waals surface area contributed by atoms with Crippen LogP contribution in [0.15, 0.2) is 18.2 Å². The fourth-order valence-corrected chi connectivity index (χ4v) is 5.14. The van der Waals surface area contributed by atoms with Gasteiger partial charge < -0.3 is 14.8 Å². The highest BCUT2D eigenvalue weighted by Gasteiger charge is 2.29. The van der Waals surface area contributed by atoms with E-state index in [0.29, 0.717) is 42.5 Å². The van der Waals surface area contributed by atoms with E-state index in [0.717, 1.165) is 41.7 Å². The molecule has 1 amide bonds. The largest absolute Gasteiger partial charge is 0.493 e. The molecule has 1 heterocycles. The van der Waals surface area contributed by atoms with Crippen LogP contribution in [0.2, 0.25) is 0 Å². The fraction of sp³-hybridized carbons (Fsp3) is 0.500. The summed E-state index contributed by atoms with van der Waals surface area (Å²) in [5, 5.41) is 3.60. The van der Waals surface area contributed by atoms with Gasteiger partial charge in [0.15, 0.2) is 0 Å². The molecule has 0 bridgehead atoms. The van der Waals surface area contributed by atoms with Gasteiger partial charge in [-0.05, 0) is 75.1 Å². The second kappa shape index (κ2) is 10.1. The number of anilines is 1. The third-order valence-electron chi connectivity index (χ3n) is 5.39. The van der Waals surface area contributed by atoms with Crippen LogP contribution < -0.4 is 10.1 Å². The van der Waals surface area contributed by atoms with Crippen molar-refractivity contribution < 1.29 is 19.1 Å². The lowest BCUT2D eigenvalue weighted by atomic mass is 9.88. The molecule has 0 saturated heterocycles. The topological polar surface area (TPSA) is 64.6 Å². The van der Waals surface area contributed by atoms with Crippen LogP contribution in [0.25, 0.3) is 0 Å². The minimum Gasteiger partial charge on any atom is -0.493 e. The van der Waals surface area contributed by atoms with E-state index in [9.17, 15) is 9.59 Å². The zero-order valence-corrected chi connectivity index (χ0v) is 19.1. The molecule has 2 aromatic rings. The van der Waals surface area contributed by atoms with E-state index >= 15 is 0 Å². The molecule has 6 heteroatoms. The summed E-state index contributed by atoms with van der Waals surface area (Å²) in [6, 6.07) is 6.10. The first kappa shape index (κ1) is 22.3. The van der Waals surface area contributed by atoms with Gasteiger partial charge in [-0.15, -0.1) is 11.3 Å². The molecule has 1 aliphatic carbocycles. The van der Waals surface area contributed by atoms with E-state index in [1.165, 1.54) is 16.2 Å². The SMILES string of the molecule is CCOC(=O)c1c(NC(=O)CCCOc2cc(C)ccc2C)sc2c1CCC(C)C2. The molecule has 0 saturated carbocycles. The lowest BCUT2D eigenvalue weighted by Crippen LogP contribution is -2.17. The maximum absolute atomic E-state index is 12.6. The average molecular weight is 430 g/mol. The van der Waals surface area contributed by atoms with Crippen LogP contribution in [-0.4, -0.2) is 25.1 Å². The van der Waals surface area contributed by atoms with Gasteiger partial charge in [-0.25, -0.2) is 4.79 Å². The van der Waals surface area contributed by atoms with Crippen LogP contribution in [0, 0.1) is 19.8 Å². The van der Waals surface area contributed by atoms with Crippen molar-refractivity contribution in [1.29, 1.82) is 0 Å². The minimum absolute atomic E-state index is 0.100. The number of rotatable bonds is 8. The molecular weight excluding hydrogens is 398 g/mol. The Morgan fingerprint density at radius 2 is 2.07 bits per heavy atom. The number of nitrogens with one attached hydrogen (secondary N) is 1. The van der Waals surface area contributed by atoms with Crippen molar-refractivity contribution in [2.24, 2.45) is 5.92 Å². The lowest BCUT2D eigenvalue weighted by Gasteiger charge is -2.18. The monoisotopic (exact) mass is 429 g/mol. The Bertz CT molecular complexity index is 918. The Labute approximate surface area is 182 Å².